The predicted molar refractivity (Wildman–Crippen MR) is 111 cm³/mol. The molecule has 0 amide bonds. The fourth-order valence-electron chi connectivity index (χ4n) is 2.93. The SMILES string of the molecule is OC(CSc1nnc(Cc2cccs2)n1-c1ccccc1)c1ccc(F)cc1F. The lowest BCUT2D eigenvalue weighted by Crippen LogP contribution is -2.06. The number of hydrogen-bond acceptors (Lipinski definition) is 5. The summed E-state index contributed by atoms with van der Waals surface area (Å²) >= 11 is 2.92. The van der Waals surface area contributed by atoms with Crippen LogP contribution in [-0.2, 0) is 6.42 Å². The number of hydrogen-bond donors (Lipinski definition) is 1. The van der Waals surface area contributed by atoms with Crippen LogP contribution < -0.4 is 0 Å². The van der Waals surface area contributed by atoms with Crippen molar-refractivity contribution < 1.29 is 13.9 Å². The van der Waals surface area contributed by atoms with E-state index in [2.05, 4.69) is 10.2 Å². The standard InChI is InChI=1S/C21H17F2N3OS2/c22-14-8-9-17(18(23)11-14)19(27)13-29-21-25-24-20(12-16-7-4-10-28-16)26(21)15-5-2-1-3-6-15/h1-11,19,27H,12-13H2. The summed E-state index contributed by atoms with van der Waals surface area (Å²) in [4.78, 5) is 1.17. The average Bonchev–Trinajstić information content (AvgIpc) is 3.37. The lowest BCUT2D eigenvalue weighted by Gasteiger charge is -2.13. The van der Waals surface area contributed by atoms with Gasteiger partial charge in [-0.3, -0.25) is 4.57 Å². The maximum absolute atomic E-state index is 13.9. The fraction of sp³-hybridized carbons (Fsp3) is 0.143. The molecule has 148 valence electrons. The molecule has 0 saturated heterocycles. The molecule has 4 aromatic rings. The van der Waals surface area contributed by atoms with E-state index >= 15 is 0 Å². The van der Waals surface area contributed by atoms with Gasteiger partial charge in [-0.25, -0.2) is 8.78 Å². The largest absolute Gasteiger partial charge is 0.387 e. The Labute approximate surface area is 174 Å². The minimum Gasteiger partial charge on any atom is -0.387 e. The summed E-state index contributed by atoms with van der Waals surface area (Å²) in [5, 5.41) is 21.6. The Balaban J connectivity index is 1.59. The predicted octanol–water partition coefficient (Wildman–Crippen LogP) is 5.02. The number of aromatic nitrogens is 3. The minimum absolute atomic E-state index is 0.0588. The number of benzene rings is 2. The molecule has 2 heterocycles. The summed E-state index contributed by atoms with van der Waals surface area (Å²) in [6, 6.07) is 16.9. The molecule has 1 unspecified atom stereocenters. The molecular formula is C21H17F2N3OS2. The van der Waals surface area contributed by atoms with E-state index in [0.29, 0.717) is 11.6 Å². The average molecular weight is 430 g/mol. The second-order valence-electron chi connectivity index (χ2n) is 6.32. The van der Waals surface area contributed by atoms with Gasteiger partial charge in [0.1, 0.15) is 17.5 Å². The highest BCUT2D eigenvalue weighted by Gasteiger charge is 2.19. The van der Waals surface area contributed by atoms with E-state index in [1.165, 1.54) is 22.7 Å². The molecule has 0 aliphatic rings. The summed E-state index contributed by atoms with van der Waals surface area (Å²) < 4.78 is 29.0. The van der Waals surface area contributed by atoms with Crippen molar-refractivity contribution in [2.24, 2.45) is 0 Å². The molecule has 0 aliphatic heterocycles. The monoisotopic (exact) mass is 429 g/mol. The second-order valence-corrected chi connectivity index (χ2v) is 8.34. The zero-order chi connectivity index (χ0) is 20.2. The van der Waals surface area contributed by atoms with Gasteiger partial charge in [-0.1, -0.05) is 42.1 Å². The molecule has 1 atom stereocenters. The Morgan fingerprint density at radius 1 is 1.03 bits per heavy atom. The highest BCUT2D eigenvalue weighted by Crippen LogP contribution is 2.29. The van der Waals surface area contributed by atoms with Gasteiger partial charge in [0.05, 0.1) is 6.10 Å². The molecule has 0 saturated carbocycles. The van der Waals surface area contributed by atoms with Gasteiger partial charge in [0.2, 0.25) is 0 Å². The van der Waals surface area contributed by atoms with Gasteiger partial charge < -0.3 is 5.11 Å². The van der Waals surface area contributed by atoms with Crippen LogP contribution in [0.25, 0.3) is 5.69 Å². The van der Waals surface area contributed by atoms with Gasteiger partial charge in [-0.2, -0.15) is 0 Å². The molecule has 0 bridgehead atoms. The molecule has 4 rings (SSSR count). The van der Waals surface area contributed by atoms with Crippen LogP contribution in [0.4, 0.5) is 8.78 Å². The summed E-state index contributed by atoms with van der Waals surface area (Å²) in [6.45, 7) is 0. The van der Waals surface area contributed by atoms with Crippen molar-refractivity contribution in [3.8, 4) is 5.69 Å². The number of para-hydroxylation sites is 1. The highest BCUT2D eigenvalue weighted by molar-refractivity contribution is 7.99. The Hall–Kier alpha value is -2.55. The summed E-state index contributed by atoms with van der Waals surface area (Å²) in [5.41, 5.74) is 0.970. The van der Waals surface area contributed by atoms with Crippen LogP contribution >= 0.6 is 23.1 Å². The third kappa shape index (κ3) is 4.55. The smallest absolute Gasteiger partial charge is 0.195 e. The zero-order valence-corrected chi connectivity index (χ0v) is 16.8. The van der Waals surface area contributed by atoms with Crippen LogP contribution in [0.15, 0.2) is 71.2 Å². The molecule has 29 heavy (non-hydrogen) atoms. The molecule has 2 aromatic heterocycles. The van der Waals surface area contributed by atoms with Crippen molar-refractivity contribution in [1.29, 1.82) is 0 Å². The Bertz CT molecular complexity index is 1080. The first-order valence-electron chi connectivity index (χ1n) is 8.89. The topological polar surface area (TPSA) is 50.9 Å². The van der Waals surface area contributed by atoms with E-state index in [1.54, 1.807) is 11.3 Å². The first-order chi connectivity index (χ1) is 14.1. The number of aliphatic hydroxyl groups excluding tert-OH is 1. The third-order valence-corrected chi connectivity index (χ3v) is 6.20. The summed E-state index contributed by atoms with van der Waals surface area (Å²) in [7, 11) is 0. The summed E-state index contributed by atoms with van der Waals surface area (Å²) in [6.07, 6.45) is -0.461. The molecule has 1 N–H and O–H groups in total. The van der Waals surface area contributed by atoms with Crippen molar-refractivity contribution in [2.45, 2.75) is 17.7 Å². The van der Waals surface area contributed by atoms with Gasteiger partial charge in [0, 0.05) is 34.4 Å². The van der Waals surface area contributed by atoms with E-state index in [0.717, 1.165) is 23.6 Å². The van der Waals surface area contributed by atoms with E-state index in [1.807, 2.05) is 52.4 Å². The third-order valence-electron chi connectivity index (χ3n) is 4.32. The van der Waals surface area contributed by atoms with Crippen LogP contribution in [0.2, 0.25) is 0 Å². The molecule has 0 aliphatic carbocycles. The molecular weight excluding hydrogens is 412 g/mol. The number of aliphatic hydroxyl groups is 1. The summed E-state index contributed by atoms with van der Waals surface area (Å²) in [5.74, 6) is -0.496. The van der Waals surface area contributed by atoms with Crippen molar-refractivity contribution in [3.05, 3.63) is 93.9 Å². The van der Waals surface area contributed by atoms with Crippen LogP contribution in [0.3, 0.4) is 0 Å². The fourth-order valence-corrected chi connectivity index (χ4v) is 4.56. The van der Waals surface area contributed by atoms with Crippen LogP contribution in [-0.4, -0.2) is 25.6 Å². The Morgan fingerprint density at radius 3 is 2.59 bits per heavy atom. The lowest BCUT2D eigenvalue weighted by atomic mass is 10.1. The van der Waals surface area contributed by atoms with Crippen molar-refractivity contribution in [3.63, 3.8) is 0 Å². The quantitative estimate of drug-likeness (QED) is 0.419. The van der Waals surface area contributed by atoms with Crippen LogP contribution in [0.5, 0.6) is 0 Å². The van der Waals surface area contributed by atoms with E-state index in [9.17, 15) is 13.9 Å². The van der Waals surface area contributed by atoms with Gasteiger partial charge in [0.25, 0.3) is 0 Å². The second kappa shape index (κ2) is 8.86. The van der Waals surface area contributed by atoms with Crippen LogP contribution in [0.1, 0.15) is 22.4 Å². The first-order valence-corrected chi connectivity index (χ1v) is 10.8. The van der Waals surface area contributed by atoms with E-state index < -0.39 is 17.7 Å². The van der Waals surface area contributed by atoms with E-state index in [-0.39, 0.29) is 11.3 Å². The van der Waals surface area contributed by atoms with Gasteiger partial charge in [-0.15, -0.1) is 21.5 Å². The van der Waals surface area contributed by atoms with E-state index in [4.69, 9.17) is 0 Å². The van der Waals surface area contributed by atoms with Crippen molar-refractivity contribution >= 4 is 23.1 Å². The normalized spacial score (nSPS) is 12.2. The maximum atomic E-state index is 13.9. The lowest BCUT2D eigenvalue weighted by molar-refractivity contribution is 0.198. The number of halogens is 2. The van der Waals surface area contributed by atoms with Gasteiger partial charge in [0.15, 0.2) is 5.16 Å². The van der Waals surface area contributed by atoms with Gasteiger partial charge >= 0.3 is 0 Å². The van der Waals surface area contributed by atoms with Crippen molar-refractivity contribution in [2.75, 3.05) is 5.75 Å². The number of thioether (sulfide) groups is 1. The van der Waals surface area contributed by atoms with Crippen LogP contribution in [0, 0.1) is 11.6 Å². The Morgan fingerprint density at radius 2 is 1.86 bits per heavy atom. The molecule has 4 nitrogen and oxygen atoms in total. The minimum atomic E-state index is -1.10. The van der Waals surface area contributed by atoms with Gasteiger partial charge in [-0.05, 0) is 29.6 Å². The van der Waals surface area contributed by atoms with Crippen molar-refractivity contribution in [1.82, 2.24) is 14.8 Å². The zero-order valence-electron chi connectivity index (χ0n) is 15.2. The number of nitrogens with zero attached hydrogens (tertiary/aromatic N) is 3. The molecule has 8 heteroatoms. The Kier molecular flexibility index (Phi) is 6.03. The molecule has 0 radical (unpaired) electrons. The molecule has 2 aromatic carbocycles. The highest BCUT2D eigenvalue weighted by atomic mass is 32.2. The molecule has 0 spiro atoms. The number of thiophene rings is 1. The number of rotatable bonds is 7. The first kappa shape index (κ1) is 19.8. The molecule has 0 fully saturated rings. The maximum Gasteiger partial charge on any atom is 0.195 e.